The van der Waals surface area contributed by atoms with E-state index in [-0.39, 0.29) is 0 Å². The molecule has 3 heterocycles. The van der Waals surface area contributed by atoms with E-state index >= 15 is 0 Å². The third-order valence-electron chi connectivity index (χ3n) is 17.2. The molecule has 0 radical (unpaired) electrons. The first-order valence-corrected chi connectivity index (χ1v) is 27.8. The highest BCUT2D eigenvalue weighted by molar-refractivity contribution is 6.29. The first-order valence-electron chi connectivity index (χ1n) is 27.8. The molecule has 0 fully saturated rings. The molecule has 0 spiro atoms. The van der Waals surface area contributed by atoms with Crippen LogP contribution in [-0.4, -0.2) is 24.1 Å². The molecule has 0 amide bonds. The zero-order valence-corrected chi connectivity index (χ0v) is 43.9. The van der Waals surface area contributed by atoms with Crippen LogP contribution in [0.2, 0.25) is 0 Å². The molecule has 3 aromatic heterocycles. The van der Waals surface area contributed by atoms with Crippen LogP contribution in [0.3, 0.4) is 0 Å². The van der Waals surface area contributed by atoms with E-state index in [9.17, 15) is 0 Å². The average molecular weight is 1030 g/mol. The van der Waals surface area contributed by atoms with Crippen LogP contribution in [0, 0.1) is 0 Å². The van der Waals surface area contributed by atoms with E-state index in [1.807, 2.05) is 18.2 Å². The molecule has 16 aromatic rings. The Hall–Kier alpha value is -10.8. The van der Waals surface area contributed by atoms with Gasteiger partial charge in [0.25, 0.3) is 0 Å². The molecule has 1 aliphatic rings. The second kappa shape index (κ2) is 17.6. The molecule has 13 aromatic carbocycles. The van der Waals surface area contributed by atoms with Crippen molar-refractivity contribution in [2.75, 3.05) is 0 Å². The average Bonchev–Trinajstić information content (AvgIpc) is 4.39. The zero-order chi connectivity index (χ0) is 53.2. The van der Waals surface area contributed by atoms with E-state index in [4.69, 9.17) is 15.0 Å². The Balaban J connectivity index is 0.844. The lowest BCUT2D eigenvalue weighted by Gasteiger charge is -2.34. The minimum Gasteiger partial charge on any atom is -0.309 e. The van der Waals surface area contributed by atoms with Crippen LogP contribution >= 0.6 is 0 Å². The van der Waals surface area contributed by atoms with Crippen LogP contribution in [0.25, 0.3) is 133 Å². The SMILES string of the molecule is c1ccc(-c2nc(-c3ccc4c(c3)C(c3ccccc3)(c3ccccc3)c3ccccc3-4)nc(-n3c4ccccc4c4c5c6ccccc6n(-c6ccc(-c7ccc8c9ccccc9c9ccccc9c8c7)cc6)c5ccc43)n2)cc1. The first-order chi connectivity index (χ1) is 40.2. The van der Waals surface area contributed by atoms with Crippen LogP contribution < -0.4 is 0 Å². The van der Waals surface area contributed by atoms with Gasteiger partial charge in [0.2, 0.25) is 5.95 Å². The molecular formula is C76H47N5. The highest BCUT2D eigenvalue weighted by Crippen LogP contribution is 2.57. The van der Waals surface area contributed by atoms with E-state index in [2.05, 4.69) is 276 Å². The fourth-order valence-electron chi connectivity index (χ4n) is 13.8. The molecule has 0 N–H and O–H groups in total. The standard InChI is InChI=1S/C76H47N5/c1-4-20-49(21-5-1)73-77-74(51-39-43-61-60-30-14-17-33-65(60)76(66(61)47-51,52-22-6-2-7-23-52)53-24-8-3-9-25-53)79-75(78-73)81-68-35-19-16-32-63(68)72-70(81)45-44-69-71(72)62-31-15-18-34-67(62)80(69)54-40-36-48(37-41-54)50-38-42-59-57-28-11-10-26-55(57)56-27-12-13-29-58(56)64(59)46-50/h1-47H. The largest absolute Gasteiger partial charge is 0.309 e. The lowest BCUT2D eigenvalue weighted by molar-refractivity contribution is 0.768. The van der Waals surface area contributed by atoms with Crippen LogP contribution in [0.15, 0.2) is 285 Å². The quantitative estimate of drug-likeness (QED) is 0.149. The Labute approximate surface area is 467 Å². The summed E-state index contributed by atoms with van der Waals surface area (Å²) in [4.78, 5) is 16.3. The van der Waals surface area contributed by atoms with Crippen LogP contribution in [0.5, 0.6) is 0 Å². The van der Waals surface area contributed by atoms with Crippen LogP contribution in [0.1, 0.15) is 22.3 Å². The fraction of sp³-hybridized carbons (Fsp3) is 0.0132. The van der Waals surface area contributed by atoms with Crippen molar-refractivity contribution < 1.29 is 0 Å². The molecule has 0 saturated heterocycles. The molecule has 0 unspecified atom stereocenters. The number of hydrogen-bond acceptors (Lipinski definition) is 3. The van der Waals surface area contributed by atoms with Gasteiger partial charge < -0.3 is 4.57 Å². The molecular weight excluding hydrogens is 983 g/mol. The molecule has 81 heavy (non-hydrogen) atoms. The summed E-state index contributed by atoms with van der Waals surface area (Å²) >= 11 is 0. The van der Waals surface area contributed by atoms with Gasteiger partial charge in [-0.25, -0.2) is 4.98 Å². The monoisotopic (exact) mass is 1030 g/mol. The molecule has 5 nitrogen and oxygen atoms in total. The van der Waals surface area contributed by atoms with Crippen molar-refractivity contribution in [2.24, 2.45) is 0 Å². The summed E-state index contributed by atoms with van der Waals surface area (Å²) in [6, 6.07) is 104. The molecule has 0 saturated carbocycles. The number of benzene rings is 13. The van der Waals surface area contributed by atoms with Gasteiger partial charge in [-0.2, -0.15) is 9.97 Å². The summed E-state index contributed by atoms with van der Waals surface area (Å²) in [5.74, 6) is 1.76. The third kappa shape index (κ3) is 6.64. The van der Waals surface area contributed by atoms with Crippen molar-refractivity contribution in [3.8, 4) is 56.7 Å². The Kier molecular flexibility index (Phi) is 9.86. The minimum atomic E-state index is -0.578. The summed E-state index contributed by atoms with van der Waals surface area (Å²) in [7, 11) is 0. The normalized spacial score (nSPS) is 12.8. The molecule has 0 bridgehead atoms. The van der Waals surface area contributed by atoms with Gasteiger partial charge >= 0.3 is 0 Å². The van der Waals surface area contributed by atoms with Crippen molar-refractivity contribution in [2.45, 2.75) is 5.41 Å². The van der Waals surface area contributed by atoms with Crippen molar-refractivity contribution >= 4 is 75.9 Å². The summed E-state index contributed by atoms with van der Waals surface area (Å²) in [5.41, 5.74) is 16.3. The van der Waals surface area contributed by atoms with Gasteiger partial charge in [0.05, 0.1) is 27.5 Å². The van der Waals surface area contributed by atoms with E-state index in [1.165, 1.54) is 87.6 Å². The van der Waals surface area contributed by atoms with Crippen molar-refractivity contribution in [3.63, 3.8) is 0 Å². The maximum atomic E-state index is 5.55. The maximum Gasteiger partial charge on any atom is 0.238 e. The number of para-hydroxylation sites is 2. The predicted molar refractivity (Wildman–Crippen MR) is 335 cm³/mol. The van der Waals surface area contributed by atoms with Crippen LogP contribution in [0.4, 0.5) is 0 Å². The zero-order valence-electron chi connectivity index (χ0n) is 43.9. The molecule has 17 rings (SSSR count). The van der Waals surface area contributed by atoms with E-state index < -0.39 is 5.41 Å². The number of fused-ring (bicyclic) bond motifs is 16. The Bertz CT molecular complexity index is 5140. The lowest BCUT2D eigenvalue weighted by Crippen LogP contribution is -2.28. The van der Waals surface area contributed by atoms with Crippen molar-refractivity contribution in [1.29, 1.82) is 0 Å². The fourth-order valence-corrected chi connectivity index (χ4v) is 13.8. The summed E-state index contributed by atoms with van der Waals surface area (Å²) in [6.45, 7) is 0. The molecule has 0 atom stereocenters. The minimum absolute atomic E-state index is 0.555. The summed E-state index contributed by atoms with van der Waals surface area (Å²) in [5, 5.41) is 12.3. The Morgan fingerprint density at radius 1 is 0.259 bits per heavy atom. The van der Waals surface area contributed by atoms with Gasteiger partial charge in [-0.05, 0) is 125 Å². The predicted octanol–water partition coefficient (Wildman–Crippen LogP) is 18.9. The second-order valence-electron chi connectivity index (χ2n) is 21.4. The molecule has 0 aliphatic heterocycles. The second-order valence-corrected chi connectivity index (χ2v) is 21.4. The van der Waals surface area contributed by atoms with Crippen molar-refractivity contribution in [3.05, 3.63) is 307 Å². The number of nitrogens with zero attached hydrogens (tertiary/aromatic N) is 5. The number of rotatable bonds is 7. The van der Waals surface area contributed by atoms with E-state index in [1.54, 1.807) is 0 Å². The van der Waals surface area contributed by atoms with Crippen molar-refractivity contribution in [1.82, 2.24) is 24.1 Å². The van der Waals surface area contributed by atoms with Gasteiger partial charge in [-0.1, -0.05) is 237 Å². The van der Waals surface area contributed by atoms with Gasteiger partial charge in [0, 0.05) is 38.4 Å². The Morgan fingerprint density at radius 2 is 0.716 bits per heavy atom. The van der Waals surface area contributed by atoms with E-state index in [0.29, 0.717) is 17.6 Å². The van der Waals surface area contributed by atoms with Gasteiger partial charge in [-0.15, -0.1) is 0 Å². The van der Waals surface area contributed by atoms with Crippen LogP contribution in [-0.2, 0) is 5.41 Å². The van der Waals surface area contributed by atoms with Gasteiger partial charge in [0.15, 0.2) is 11.6 Å². The maximum absolute atomic E-state index is 5.55. The van der Waals surface area contributed by atoms with Gasteiger partial charge in [0.1, 0.15) is 0 Å². The van der Waals surface area contributed by atoms with E-state index in [0.717, 1.165) is 49.7 Å². The highest BCUT2D eigenvalue weighted by atomic mass is 15.2. The number of aromatic nitrogens is 5. The summed E-state index contributed by atoms with van der Waals surface area (Å²) < 4.78 is 4.67. The third-order valence-corrected chi connectivity index (χ3v) is 17.2. The summed E-state index contributed by atoms with van der Waals surface area (Å²) in [6.07, 6.45) is 0. The lowest BCUT2D eigenvalue weighted by atomic mass is 9.67. The van der Waals surface area contributed by atoms with Gasteiger partial charge in [-0.3, -0.25) is 4.57 Å². The molecule has 5 heteroatoms. The topological polar surface area (TPSA) is 48.5 Å². The molecule has 376 valence electrons. The highest BCUT2D eigenvalue weighted by Gasteiger charge is 2.46. The molecule has 1 aliphatic carbocycles. The Morgan fingerprint density at radius 3 is 1.35 bits per heavy atom. The first kappa shape index (κ1) is 45.3. The number of hydrogen-bond donors (Lipinski definition) is 0. The smallest absolute Gasteiger partial charge is 0.238 e.